The van der Waals surface area contributed by atoms with Gasteiger partial charge in [-0.25, -0.2) is 0 Å². The predicted molar refractivity (Wildman–Crippen MR) is 76.8 cm³/mol. The van der Waals surface area contributed by atoms with Crippen molar-refractivity contribution >= 4 is 5.91 Å². The summed E-state index contributed by atoms with van der Waals surface area (Å²) < 4.78 is 7.33. The van der Waals surface area contributed by atoms with E-state index in [0.717, 1.165) is 19.7 Å². The van der Waals surface area contributed by atoms with E-state index < -0.39 is 0 Å². The van der Waals surface area contributed by atoms with Gasteiger partial charge in [0, 0.05) is 37.8 Å². The van der Waals surface area contributed by atoms with Crippen molar-refractivity contribution < 1.29 is 9.53 Å². The highest BCUT2D eigenvalue weighted by molar-refractivity contribution is 5.92. The van der Waals surface area contributed by atoms with Gasteiger partial charge in [-0.2, -0.15) is 5.10 Å². The number of likely N-dealkylation sites (N-methyl/N-ethyl adjacent to an activating group) is 1. The van der Waals surface area contributed by atoms with Gasteiger partial charge in [0.05, 0.1) is 13.2 Å². The normalized spacial score (nSPS) is 20.9. The molecule has 1 N–H and O–H groups in total. The Bertz CT molecular complexity index is 444. The second-order valence-electron chi connectivity index (χ2n) is 5.69. The Kier molecular flexibility index (Phi) is 5.14. The van der Waals surface area contributed by atoms with Gasteiger partial charge in [0.2, 0.25) is 0 Å². The highest BCUT2D eigenvalue weighted by Gasteiger charge is 2.18. The van der Waals surface area contributed by atoms with Crippen LogP contribution in [0.1, 0.15) is 30.4 Å². The van der Waals surface area contributed by atoms with Crippen molar-refractivity contribution in [3.63, 3.8) is 0 Å². The Morgan fingerprint density at radius 3 is 3.10 bits per heavy atom. The molecule has 2 rings (SSSR count). The molecule has 0 saturated carbocycles. The molecule has 1 aliphatic heterocycles. The van der Waals surface area contributed by atoms with Crippen molar-refractivity contribution in [2.45, 2.75) is 19.9 Å². The zero-order valence-electron chi connectivity index (χ0n) is 12.5. The largest absolute Gasteiger partial charge is 0.380 e. The van der Waals surface area contributed by atoms with Crippen LogP contribution in [-0.2, 0) is 4.74 Å². The molecule has 112 valence electrons. The van der Waals surface area contributed by atoms with Crippen molar-refractivity contribution in [2.75, 3.05) is 39.9 Å². The van der Waals surface area contributed by atoms with Gasteiger partial charge in [-0.3, -0.25) is 9.48 Å². The molecule has 1 aliphatic rings. The molecule has 2 heterocycles. The molecule has 6 nitrogen and oxygen atoms in total. The molecule has 0 aliphatic carbocycles. The second kappa shape index (κ2) is 6.85. The van der Waals surface area contributed by atoms with E-state index in [4.69, 9.17) is 4.74 Å². The lowest BCUT2D eigenvalue weighted by Crippen LogP contribution is -2.36. The Balaban J connectivity index is 1.84. The maximum atomic E-state index is 12.0. The van der Waals surface area contributed by atoms with Crippen LogP contribution < -0.4 is 5.32 Å². The minimum absolute atomic E-state index is 0.115. The summed E-state index contributed by atoms with van der Waals surface area (Å²) in [6.07, 6.45) is 1.84. The van der Waals surface area contributed by atoms with Crippen molar-refractivity contribution in [1.29, 1.82) is 0 Å². The van der Waals surface area contributed by atoms with Gasteiger partial charge in [-0.15, -0.1) is 0 Å². The van der Waals surface area contributed by atoms with Crippen LogP contribution in [0, 0.1) is 5.92 Å². The van der Waals surface area contributed by atoms with Crippen LogP contribution in [0.25, 0.3) is 0 Å². The first-order valence-corrected chi connectivity index (χ1v) is 7.16. The van der Waals surface area contributed by atoms with E-state index in [9.17, 15) is 4.79 Å². The van der Waals surface area contributed by atoms with Crippen LogP contribution >= 0.6 is 0 Å². The number of nitrogens with zero attached hydrogens (tertiary/aromatic N) is 3. The van der Waals surface area contributed by atoms with Crippen molar-refractivity contribution in [2.24, 2.45) is 5.92 Å². The van der Waals surface area contributed by atoms with E-state index in [1.165, 1.54) is 0 Å². The van der Waals surface area contributed by atoms with Crippen molar-refractivity contribution in [3.8, 4) is 0 Å². The number of hydrogen-bond acceptors (Lipinski definition) is 4. The molecule has 0 unspecified atom stereocenters. The van der Waals surface area contributed by atoms with Gasteiger partial charge in [0.25, 0.3) is 5.91 Å². The van der Waals surface area contributed by atoms with Crippen LogP contribution in [0.4, 0.5) is 0 Å². The number of carbonyl (C=O) groups is 1. The van der Waals surface area contributed by atoms with Crippen LogP contribution in [0.15, 0.2) is 12.3 Å². The summed E-state index contributed by atoms with van der Waals surface area (Å²) in [4.78, 5) is 14.3. The molecule has 6 heteroatoms. The van der Waals surface area contributed by atoms with E-state index in [1.807, 2.05) is 20.0 Å². The van der Waals surface area contributed by atoms with Crippen LogP contribution in [0.3, 0.4) is 0 Å². The first-order chi connectivity index (χ1) is 9.56. The molecule has 1 amide bonds. The van der Waals surface area contributed by atoms with Gasteiger partial charge in [0.15, 0.2) is 0 Å². The lowest BCUT2D eigenvalue weighted by Gasteiger charge is -2.18. The summed E-state index contributed by atoms with van der Waals surface area (Å²) in [5, 5.41) is 7.22. The Morgan fingerprint density at radius 2 is 2.40 bits per heavy atom. The molecule has 1 aromatic rings. The first-order valence-electron chi connectivity index (χ1n) is 7.16. The van der Waals surface area contributed by atoms with E-state index >= 15 is 0 Å². The SMILES string of the molecule is CC(C)n1ccc(C(=O)NC[C@@H]2COCCN(C)C2)n1. The predicted octanol–water partition coefficient (Wildman–Crippen LogP) is 0.772. The Hall–Kier alpha value is -1.40. The van der Waals surface area contributed by atoms with E-state index in [-0.39, 0.29) is 11.9 Å². The molecule has 0 aromatic carbocycles. The van der Waals surface area contributed by atoms with Crippen LogP contribution in [0.2, 0.25) is 0 Å². The average Bonchev–Trinajstić information content (AvgIpc) is 2.81. The number of nitrogens with one attached hydrogen (secondary N) is 1. The molecule has 0 spiro atoms. The first kappa shape index (κ1) is 15.0. The number of carbonyl (C=O) groups excluding carboxylic acids is 1. The Morgan fingerprint density at radius 1 is 1.60 bits per heavy atom. The van der Waals surface area contributed by atoms with Gasteiger partial charge >= 0.3 is 0 Å². The summed E-state index contributed by atoms with van der Waals surface area (Å²) in [5.74, 6) is 0.218. The summed E-state index contributed by atoms with van der Waals surface area (Å²) in [5.41, 5.74) is 0.474. The van der Waals surface area contributed by atoms with Crippen LogP contribution in [-0.4, -0.2) is 60.5 Å². The molecule has 1 atom stereocenters. The minimum atomic E-state index is -0.115. The molecule has 0 radical (unpaired) electrons. The zero-order chi connectivity index (χ0) is 14.5. The van der Waals surface area contributed by atoms with Gasteiger partial charge < -0.3 is 15.0 Å². The maximum Gasteiger partial charge on any atom is 0.271 e. The highest BCUT2D eigenvalue weighted by atomic mass is 16.5. The minimum Gasteiger partial charge on any atom is -0.380 e. The fourth-order valence-corrected chi connectivity index (χ4v) is 2.25. The fourth-order valence-electron chi connectivity index (χ4n) is 2.25. The van der Waals surface area contributed by atoms with Crippen molar-refractivity contribution in [1.82, 2.24) is 20.0 Å². The summed E-state index contributed by atoms with van der Waals surface area (Å²) in [6.45, 7) is 8.05. The van der Waals surface area contributed by atoms with Crippen LogP contribution in [0.5, 0.6) is 0 Å². The third-order valence-electron chi connectivity index (χ3n) is 3.46. The Labute approximate surface area is 120 Å². The molecule has 1 aromatic heterocycles. The quantitative estimate of drug-likeness (QED) is 0.885. The van der Waals surface area contributed by atoms with Gasteiger partial charge in [-0.1, -0.05) is 0 Å². The second-order valence-corrected chi connectivity index (χ2v) is 5.69. The van der Waals surface area contributed by atoms with Gasteiger partial charge in [0.1, 0.15) is 5.69 Å². The monoisotopic (exact) mass is 280 g/mol. The number of aromatic nitrogens is 2. The maximum absolute atomic E-state index is 12.0. The molecule has 20 heavy (non-hydrogen) atoms. The topological polar surface area (TPSA) is 59.4 Å². The molecule has 1 saturated heterocycles. The number of rotatable bonds is 4. The standard InChI is InChI=1S/C14H24N4O2/c1-11(2)18-5-4-13(16-18)14(19)15-8-12-9-17(3)6-7-20-10-12/h4-5,11-12H,6-10H2,1-3H3,(H,15,19)/t12-/m0/s1. The fraction of sp³-hybridized carbons (Fsp3) is 0.714. The summed E-state index contributed by atoms with van der Waals surface area (Å²) in [7, 11) is 2.08. The van der Waals surface area contributed by atoms with Crippen molar-refractivity contribution in [3.05, 3.63) is 18.0 Å². The number of hydrogen-bond donors (Lipinski definition) is 1. The smallest absolute Gasteiger partial charge is 0.271 e. The number of ether oxygens (including phenoxy) is 1. The zero-order valence-corrected chi connectivity index (χ0v) is 12.5. The third-order valence-corrected chi connectivity index (χ3v) is 3.46. The van der Waals surface area contributed by atoms with Gasteiger partial charge in [-0.05, 0) is 27.0 Å². The highest BCUT2D eigenvalue weighted by Crippen LogP contribution is 2.06. The molecular weight excluding hydrogens is 256 g/mol. The third kappa shape index (κ3) is 4.05. The average molecular weight is 280 g/mol. The summed E-state index contributed by atoms with van der Waals surface area (Å²) in [6, 6.07) is 2.02. The molecule has 0 bridgehead atoms. The lowest BCUT2D eigenvalue weighted by molar-refractivity contribution is 0.0915. The summed E-state index contributed by atoms with van der Waals surface area (Å²) >= 11 is 0. The van der Waals surface area contributed by atoms with E-state index in [0.29, 0.717) is 24.8 Å². The van der Waals surface area contributed by atoms with E-state index in [2.05, 4.69) is 22.4 Å². The molecular formula is C14H24N4O2. The lowest BCUT2D eigenvalue weighted by atomic mass is 10.1. The van der Waals surface area contributed by atoms with E-state index in [1.54, 1.807) is 10.7 Å². The number of amides is 1. The molecule has 1 fully saturated rings.